The highest BCUT2D eigenvalue weighted by molar-refractivity contribution is 6.08. The number of nitrogens with zero attached hydrogens (tertiary/aromatic N) is 2. The van der Waals surface area contributed by atoms with Crippen LogP contribution in [-0.4, -0.2) is 29.9 Å². The van der Waals surface area contributed by atoms with E-state index in [1.165, 1.54) is 25.7 Å². The average Bonchev–Trinajstić information content (AvgIpc) is 3.13. The molecule has 4 rings (SSSR count). The maximum atomic E-state index is 12.8. The number of aromatic nitrogens is 1. The summed E-state index contributed by atoms with van der Waals surface area (Å²) in [5.41, 5.74) is 2.38. The van der Waals surface area contributed by atoms with Gasteiger partial charge in [0.05, 0.1) is 11.3 Å². The fourth-order valence-electron chi connectivity index (χ4n) is 3.86. The van der Waals surface area contributed by atoms with Crippen molar-refractivity contribution in [3.63, 3.8) is 0 Å². The SMILES string of the molecule is O=C(Nc1ccccc1C(=O)NCc1ccc(N2CCCCCC2)nc1)c1ccccc1. The van der Waals surface area contributed by atoms with Crippen LogP contribution in [0.4, 0.5) is 11.5 Å². The van der Waals surface area contributed by atoms with Gasteiger partial charge in [-0.3, -0.25) is 9.59 Å². The second-order valence-corrected chi connectivity index (χ2v) is 7.97. The zero-order chi connectivity index (χ0) is 22.2. The standard InChI is InChI=1S/C26H28N4O2/c31-25(21-10-4-3-5-11-21)29-23-13-7-6-12-22(23)26(32)28-19-20-14-15-24(27-18-20)30-16-8-1-2-9-17-30/h3-7,10-15,18H,1-2,8-9,16-17,19H2,(H,28,32)(H,29,31). The maximum Gasteiger partial charge on any atom is 0.255 e. The Kier molecular flexibility index (Phi) is 7.12. The Hall–Kier alpha value is -3.67. The summed E-state index contributed by atoms with van der Waals surface area (Å²) in [6, 6.07) is 20.0. The molecule has 1 aromatic heterocycles. The Balaban J connectivity index is 1.37. The molecular weight excluding hydrogens is 400 g/mol. The van der Waals surface area contributed by atoms with Crippen LogP contribution in [0.2, 0.25) is 0 Å². The number of para-hydroxylation sites is 1. The van der Waals surface area contributed by atoms with Gasteiger partial charge in [-0.25, -0.2) is 4.98 Å². The molecule has 6 heteroatoms. The summed E-state index contributed by atoms with van der Waals surface area (Å²) in [6.07, 6.45) is 6.81. The van der Waals surface area contributed by atoms with Crippen LogP contribution in [0.15, 0.2) is 72.9 Å². The number of pyridine rings is 1. The third kappa shape index (κ3) is 5.52. The van der Waals surface area contributed by atoms with E-state index in [1.807, 2.05) is 24.4 Å². The lowest BCUT2D eigenvalue weighted by atomic mass is 10.1. The normalized spacial score (nSPS) is 13.8. The predicted octanol–water partition coefficient (Wildman–Crippen LogP) is 4.64. The van der Waals surface area contributed by atoms with Crippen LogP contribution >= 0.6 is 0 Å². The molecular formula is C26H28N4O2. The molecule has 6 nitrogen and oxygen atoms in total. The van der Waals surface area contributed by atoms with Gasteiger partial charge in [-0.2, -0.15) is 0 Å². The molecule has 0 spiro atoms. The van der Waals surface area contributed by atoms with E-state index in [9.17, 15) is 9.59 Å². The number of carbonyl (C=O) groups is 2. The number of benzene rings is 2. The monoisotopic (exact) mass is 428 g/mol. The number of nitrogens with one attached hydrogen (secondary N) is 2. The number of anilines is 2. The van der Waals surface area contributed by atoms with Gasteiger partial charge in [0.2, 0.25) is 0 Å². The van der Waals surface area contributed by atoms with Crippen molar-refractivity contribution < 1.29 is 9.59 Å². The molecule has 0 saturated carbocycles. The van der Waals surface area contributed by atoms with E-state index in [-0.39, 0.29) is 11.8 Å². The van der Waals surface area contributed by atoms with Gasteiger partial charge < -0.3 is 15.5 Å². The summed E-state index contributed by atoms with van der Waals surface area (Å²) >= 11 is 0. The van der Waals surface area contributed by atoms with Crippen LogP contribution in [0.1, 0.15) is 52.0 Å². The first kappa shape index (κ1) is 21.6. The van der Waals surface area contributed by atoms with Crippen molar-refractivity contribution in [3.8, 4) is 0 Å². The highest BCUT2D eigenvalue weighted by Crippen LogP contribution is 2.19. The summed E-state index contributed by atoms with van der Waals surface area (Å²) in [6.45, 7) is 2.47. The van der Waals surface area contributed by atoms with Gasteiger partial charge in [-0.15, -0.1) is 0 Å². The van der Waals surface area contributed by atoms with E-state index in [0.717, 1.165) is 24.5 Å². The average molecular weight is 429 g/mol. The molecule has 0 unspecified atom stereocenters. The van der Waals surface area contributed by atoms with Gasteiger partial charge in [0.15, 0.2) is 0 Å². The molecule has 0 bridgehead atoms. The van der Waals surface area contributed by atoms with Gasteiger partial charge in [0.25, 0.3) is 11.8 Å². The van der Waals surface area contributed by atoms with Crippen LogP contribution in [0.25, 0.3) is 0 Å². The van der Waals surface area contributed by atoms with Crippen LogP contribution in [0.3, 0.4) is 0 Å². The first-order valence-electron chi connectivity index (χ1n) is 11.1. The molecule has 0 radical (unpaired) electrons. The minimum Gasteiger partial charge on any atom is -0.357 e. The largest absolute Gasteiger partial charge is 0.357 e. The zero-order valence-electron chi connectivity index (χ0n) is 18.1. The Morgan fingerprint density at radius 3 is 2.25 bits per heavy atom. The third-order valence-electron chi connectivity index (χ3n) is 5.65. The second-order valence-electron chi connectivity index (χ2n) is 7.97. The van der Waals surface area contributed by atoms with E-state index in [1.54, 1.807) is 48.5 Å². The number of amides is 2. The Morgan fingerprint density at radius 1 is 0.812 bits per heavy atom. The van der Waals surface area contributed by atoms with Crippen LogP contribution < -0.4 is 15.5 Å². The molecule has 32 heavy (non-hydrogen) atoms. The smallest absolute Gasteiger partial charge is 0.255 e. The summed E-state index contributed by atoms with van der Waals surface area (Å²) in [7, 11) is 0. The number of hydrogen-bond donors (Lipinski definition) is 2. The highest BCUT2D eigenvalue weighted by Gasteiger charge is 2.14. The Morgan fingerprint density at radius 2 is 1.53 bits per heavy atom. The Bertz CT molecular complexity index is 1040. The lowest BCUT2D eigenvalue weighted by Crippen LogP contribution is -2.26. The van der Waals surface area contributed by atoms with Gasteiger partial charge in [-0.1, -0.05) is 49.2 Å². The predicted molar refractivity (Wildman–Crippen MR) is 127 cm³/mol. The van der Waals surface area contributed by atoms with Gasteiger partial charge in [0, 0.05) is 31.4 Å². The third-order valence-corrected chi connectivity index (χ3v) is 5.65. The lowest BCUT2D eigenvalue weighted by Gasteiger charge is -2.21. The van der Waals surface area contributed by atoms with Crippen molar-refractivity contribution >= 4 is 23.3 Å². The van der Waals surface area contributed by atoms with Crippen molar-refractivity contribution in [3.05, 3.63) is 89.6 Å². The molecule has 1 fully saturated rings. The molecule has 1 aliphatic rings. The van der Waals surface area contributed by atoms with Gasteiger partial charge in [-0.05, 0) is 48.7 Å². The summed E-state index contributed by atoms with van der Waals surface area (Å²) in [5.74, 6) is 0.501. The van der Waals surface area contributed by atoms with Crippen LogP contribution in [0, 0.1) is 0 Å². The van der Waals surface area contributed by atoms with E-state index in [0.29, 0.717) is 23.4 Å². The first-order chi connectivity index (χ1) is 15.7. The fraction of sp³-hybridized carbons (Fsp3) is 0.269. The van der Waals surface area contributed by atoms with Gasteiger partial charge in [0.1, 0.15) is 5.82 Å². The van der Waals surface area contributed by atoms with E-state index < -0.39 is 0 Å². The molecule has 2 N–H and O–H groups in total. The molecule has 1 saturated heterocycles. The Labute approximate surface area is 188 Å². The van der Waals surface area contributed by atoms with Crippen molar-refractivity contribution in [2.75, 3.05) is 23.3 Å². The van der Waals surface area contributed by atoms with E-state index >= 15 is 0 Å². The first-order valence-corrected chi connectivity index (χ1v) is 11.1. The molecule has 1 aliphatic heterocycles. The quantitative estimate of drug-likeness (QED) is 0.600. The second kappa shape index (κ2) is 10.6. The van der Waals surface area contributed by atoms with Crippen molar-refractivity contribution in [2.24, 2.45) is 0 Å². The summed E-state index contributed by atoms with van der Waals surface area (Å²) < 4.78 is 0. The highest BCUT2D eigenvalue weighted by atomic mass is 16.2. The summed E-state index contributed by atoms with van der Waals surface area (Å²) in [4.78, 5) is 32.3. The molecule has 0 atom stereocenters. The summed E-state index contributed by atoms with van der Waals surface area (Å²) in [5, 5.41) is 5.77. The van der Waals surface area contributed by atoms with Crippen LogP contribution in [-0.2, 0) is 6.54 Å². The molecule has 164 valence electrons. The van der Waals surface area contributed by atoms with Crippen LogP contribution in [0.5, 0.6) is 0 Å². The minimum absolute atomic E-state index is 0.245. The molecule has 3 aromatic rings. The molecule has 2 aromatic carbocycles. The lowest BCUT2D eigenvalue weighted by molar-refractivity contribution is 0.0951. The molecule has 2 amide bonds. The topological polar surface area (TPSA) is 74.3 Å². The van der Waals surface area contributed by atoms with Crippen molar-refractivity contribution in [1.29, 1.82) is 0 Å². The fourth-order valence-corrected chi connectivity index (χ4v) is 3.86. The van der Waals surface area contributed by atoms with Gasteiger partial charge >= 0.3 is 0 Å². The number of rotatable bonds is 6. The number of carbonyl (C=O) groups excluding carboxylic acids is 2. The molecule has 2 heterocycles. The van der Waals surface area contributed by atoms with E-state index in [4.69, 9.17) is 0 Å². The number of hydrogen-bond acceptors (Lipinski definition) is 4. The van der Waals surface area contributed by atoms with Crippen molar-refractivity contribution in [2.45, 2.75) is 32.2 Å². The molecule has 0 aliphatic carbocycles. The van der Waals surface area contributed by atoms with Crippen molar-refractivity contribution in [1.82, 2.24) is 10.3 Å². The maximum absolute atomic E-state index is 12.8. The minimum atomic E-state index is -0.251. The van der Waals surface area contributed by atoms with E-state index in [2.05, 4.69) is 20.5 Å². The zero-order valence-corrected chi connectivity index (χ0v) is 18.1.